The first-order valence-corrected chi connectivity index (χ1v) is 11.0. The molecule has 1 atom stereocenters. The van der Waals surface area contributed by atoms with Gasteiger partial charge in [0.15, 0.2) is 5.96 Å². The molecule has 6 heteroatoms. The van der Waals surface area contributed by atoms with Crippen LogP contribution in [0.1, 0.15) is 33.1 Å². The van der Waals surface area contributed by atoms with Gasteiger partial charge < -0.3 is 19.7 Å². The van der Waals surface area contributed by atoms with Gasteiger partial charge in [0.2, 0.25) is 0 Å². The van der Waals surface area contributed by atoms with Gasteiger partial charge in [-0.1, -0.05) is 25.1 Å². The normalized spacial score (nSPS) is 17.1. The molecule has 152 valence electrons. The lowest BCUT2D eigenvalue weighted by molar-refractivity contribution is 0.00991. The fourth-order valence-corrected chi connectivity index (χ4v) is 4.02. The van der Waals surface area contributed by atoms with E-state index in [0.717, 1.165) is 64.6 Å². The lowest BCUT2D eigenvalue weighted by Crippen LogP contribution is -2.47. The molecule has 5 nitrogen and oxygen atoms in total. The fraction of sp³-hybridized carbons (Fsp3) is 0.667. The van der Waals surface area contributed by atoms with Crippen molar-refractivity contribution in [2.75, 3.05) is 46.5 Å². The molecule has 1 aromatic rings. The molecular formula is C21H35N3O2S. The smallest absolute Gasteiger partial charge is 0.193 e. The monoisotopic (exact) mass is 393 g/mol. The molecule has 1 heterocycles. The van der Waals surface area contributed by atoms with E-state index in [1.807, 2.05) is 11.8 Å². The zero-order chi connectivity index (χ0) is 19.3. The minimum atomic E-state index is 0.369. The molecule has 27 heavy (non-hydrogen) atoms. The number of ether oxygens (including phenoxy) is 2. The first-order valence-electron chi connectivity index (χ1n) is 10.1. The topological polar surface area (TPSA) is 46.1 Å². The van der Waals surface area contributed by atoms with E-state index in [0.29, 0.717) is 11.4 Å². The Hall–Kier alpha value is -1.24. The second-order valence-corrected chi connectivity index (χ2v) is 8.35. The molecular weight excluding hydrogens is 358 g/mol. The second-order valence-electron chi connectivity index (χ2n) is 6.84. The number of guanidine groups is 1. The van der Waals surface area contributed by atoms with Gasteiger partial charge in [-0.25, -0.2) is 0 Å². The van der Waals surface area contributed by atoms with Gasteiger partial charge >= 0.3 is 0 Å². The third-order valence-corrected chi connectivity index (χ3v) is 5.60. The molecule has 1 saturated heterocycles. The van der Waals surface area contributed by atoms with E-state index in [9.17, 15) is 0 Å². The van der Waals surface area contributed by atoms with Crippen LogP contribution in [0.2, 0.25) is 0 Å². The van der Waals surface area contributed by atoms with E-state index < -0.39 is 0 Å². The van der Waals surface area contributed by atoms with E-state index in [2.05, 4.69) is 54.4 Å². The van der Waals surface area contributed by atoms with Gasteiger partial charge in [0.25, 0.3) is 0 Å². The third-order valence-electron chi connectivity index (χ3n) is 4.50. The molecule has 0 bridgehead atoms. The maximum Gasteiger partial charge on any atom is 0.193 e. The molecule has 0 aliphatic carbocycles. The molecule has 2 rings (SSSR count). The summed E-state index contributed by atoms with van der Waals surface area (Å²) in [7, 11) is 1.74. The van der Waals surface area contributed by atoms with Crippen molar-refractivity contribution in [1.29, 1.82) is 0 Å². The standard InChI is InChI=1S/C21H35N3O2S/c1-4-22-21(23-17-18(2)27-20-9-6-5-7-10-20)24-13-11-19(12-14-24)26-16-8-15-25-3/h5-7,9-10,18-19H,4,8,11-17H2,1-3H3,(H,22,23). The summed E-state index contributed by atoms with van der Waals surface area (Å²) < 4.78 is 11.0. The van der Waals surface area contributed by atoms with Crippen molar-refractivity contribution < 1.29 is 9.47 Å². The molecule has 0 amide bonds. The van der Waals surface area contributed by atoms with Crippen LogP contribution in [0.15, 0.2) is 40.2 Å². The van der Waals surface area contributed by atoms with Crippen LogP contribution in [0.4, 0.5) is 0 Å². The Bertz CT molecular complexity index is 533. The number of hydrogen-bond acceptors (Lipinski definition) is 4. The van der Waals surface area contributed by atoms with Crippen LogP contribution in [-0.4, -0.2) is 68.7 Å². The highest BCUT2D eigenvalue weighted by Crippen LogP contribution is 2.23. The molecule has 0 spiro atoms. The first kappa shape index (κ1) is 22.1. The average molecular weight is 394 g/mol. The number of benzene rings is 1. The molecule has 0 aromatic heterocycles. The number of hydrogen-bond donors (Lipinski definition) is 1. The number of aliphatic imine (C=N–C) groups is 1. The minimum absolute atomic E-state index is 0.369. The SMILES string of the molecule is CCNC(=NCC(C)Sc1ccccc1)N1CCC(OCCCOC)CC1. The van der Waals surface area contributed by atoms with Crippen LogP contribution in [0.3, 0.4) is 0 Å². The summed E-state index contributed by atoms with van der Waals surface area (Å²) in [6.45, 7) is 9.65. The van der Waals surface area contributed by atoms with Crippen LogP contribution in [0, 0.1) is 0 Å². The van der Waals surface area contributed by atoms with Gasteiger partial charge in [0.1, 0.15) is 0 Å². The summed E-state index contributed by atoms with van der Waals surface area (Å²) >= 11 is 1.88. The van der Waals surface area contributed by atoms with Crippen molar-refractivity contribution in [3.8, 4) is 0 Å². The number of thioether (sulfide) groups is 1. The minimum Gasteiger partial charge on any atom is -0.385 e. The van der Waals surface area contributed by atoms with Gasteiger partial charge in [0.05, 0.1) is 12.6 Å². The van der Waals surface area contributed by atoms with Gasteiger partial charge in [-0.05, 0) is 38.3 Å². The van der Waals surface area contributed by atoms with Crippen molar-refractivity contribution >= 4 is 17.7 Å². The number of nitrogens with one attached hydrogen (secondary N) is 1. The van der Waals surface area contributed by atoms with E-state index in [4.69, 9.17) is 14.5 Å². The highest BCUT2D eigenvalue weighted by atomic mass is 32.2. The molecule has 1 aliphatic rings. The summed E-state index contributed by atoms with van der Waals surface area (Å²) in [6, 6.07) is 10.6. The van der Waals surface area contributed by atoms with Gasteiger partial charge in [-0.15, -0.1) is 11.8 Å². The van der Waals surface area contributed by atoms with E-state index in [1.54, 1.807) is 7.11 Å². The van der Waals surface area contributed by atoms with Crippen LogP contribution in [-0.2, 0) is 9.47 Å². The van der Waals surface area contributed by atoms with Gasteiger partial charge in [-0.2, -0.15) is 0 Å². The lowest BCUT2D eigenvalue weighted by Gasteiger charge is -2.34. The molecule has 1 unspecified atom stereocenters. The first-order chi connectivity index (χ1) is 13.2. The maximum absolute atomic E-state index is 5.97. The number of likely N-dealkylation sites (tertiary alicyclic amines) is 1. The van der Waals surface area contributed by atoms with Crippen molar-refractivity contribution in [2.45, 2.75) is 49.4 Å². The summed E-state index contributed by atoms with van der Waals surface area (Å²) in [5, 5.41) is 3.90. The molecule has 0 saturated carbocycles. The molecule has 1 N–H and O–H groups in total. The second kappa shape index (κ2) is 13.0. The van der Waals surface area contributed by atoms with Crippen LogP contribution in [0.25, 0.3) is 0 Å². The number of nitrogens with zero attached hydrogens (tertiary/aromatic N) is 2. The summed E-state index contributed by atoms with van der Waals surface area (Å²) in [6.07, 6.45) is 3.46. The summed E-state index contributed by atoms with van der Waals surface area (Å²) in [4.78, 5) is 8.57. The molecule has 1 aliphatic heterocycles. The fourth-order valence-electron chi connectivity index (χ4n) is 3.10. The van der Waals surface area contributed by atoms with Crippen LogP contribution >= 0.6 is 11.8 Å². The predicted molar refractivity (Wildman–Crippen MR) is 115 cm³/mol. The van der Waals surface area contributed by atoms with Crippen molar-refractivity contribution in [3.05, 3.63) is 30.3 Å². The predicted octanol–water partition coefficient (Wildman–Crippen LogP) is 3.65. The van der Waals surface area contributed by atoms with Crippen molar-refractivity contribution in [2.24, 2.45) is 4.99 Å². The Kier molecular flexibility index (Phi) is 10.6. The highest BCUT2D eigenvalue weighted by molar-refractivity contribution is 8.00. The van der Waals surface area contributed by atoms with E-state index in [-0.39, 0.29) is 0 Å². The van der Waals surface area contributed by atoms with E-state index in [1.165, 1.54) is 4.90 Å². The Morgan fingerprint density at radius 1 is 1.26 bits per heavy atom. The Morgan fingerprint density at radius 3 is 2.67 bits per heavy atom. The van der Waals surface area contributed by atoms with Gasteiger partial charge in [-0.3, -0.25) is 4.99 Å². The van der Waals surface area contributed by atoms with Crippen molar-refractivity contribution in [1.82, 2.24) is 10.2 Å². The molecule has 1 aromatic carbocycles. The van der Waals surface area contributed by atoms with E-state index >= 15 is 0 Å². The summed E-state index contributed by atoms with van der Waals surface area (Å²) in [5.74, 6) is 1.04. The number of methoxy groups -OCH3 is 1. The van der Waals surface area contributed by atoms with Crippen LogP contribution < -0.4 is 5.32 Å². The lowest BCUT2D eigenvalue weighted by atomic mass is 10.1. The highest BCUT2D eigenvalue weighted by Gasteiger charge is 2.22. The molecule has 1 fully saturated rings. The summed E-state index contributed by atoms with van der Waals surface area (Å²) in [5.41, 5.74) is 0. The Labute approximate surface area is 168 Å². The average Bonchev–Trinajstić information content (AvgIpc) is 2.70. The molecule has 0 radical (unpaired) electrons. The Balaban J connectivity index is 1.77. The third kappa shape index (κ3) is 8.54. The van der Waals surface area contributed by atoms with Gasteiger partial charge in [0, 0.05) is 50.1 Å². The number of rotatable bonds is 10. The maximum atomic E-state index is 5.97. The quantitative estimate of drug-likeness (QED) is 0.285. The number of piperidine rings is 1. The zero-order valence-electron chi connectivity index (χ0n) is 17.0. The largest absolute Gasteiger partial charge is 0.385 e. The van der Waals surface area contributed by atoms with Crippen LogP contribution in [0.5, 0.6) is 0 Å². The van der Waals surface area contributed by atoms with Crippen molar-refractivity contribution in [3.63, 3.8) is 0 Å². The Morgan fingerprint density at radius 2 is 2.00 bits per heavy atom. The zero-order valence-corrected chi connectivity index (χ0v) is 17.8.